The van der Waals surface area contributed by atoms with Gasteiger partial charge in [-0.3, -0.25) is 10.1 Å². The minimum absolute atomic E-state index is 0.164. The summed E-state index contributed by atoms with van der Waals surface area (Å²) in [5, 5.41) is 5.68. The number of alkyl halides is 3. The lowest BCUT2D eigenvalue weighted by Crippen LogP contribution is -2.52. The molecule has 2 aromatic rings. The molecule has 0 radical (unpaired) electrons. The number of halogens is 3. The Balaban J connectivity index is 2.35. The summed E-state index contributed by atoms with van der Waals surface area (Å²) in [5.41, 5.74) is -0.529. The summed E-state index contributed by atoms with van der Waals surface area (Å²) in [7, 11) is 1.51. The molecule has 21 heavy (non-hydrogen) atoms. The van der Waals surface area contributed by atoms with Crippen molar-refractivity contribution in [2.75, 3.05) is 7.05 Å². The van der Waals surface area contributed by atoms with Crippen LogP contribution in [-0.2, 0) is 0 Å². The summed E-state index contributed by atoms with van der Waals surface area (Å²) in [4.78, 5) is 24.0. The fraction of sp³-hybridized carbons (Fsp3) is 0.231. The Morgan fingerprint density at radius 2 is 1.95 bits per heavy atom. The number of hydrogen-bond acceptors (Lipinski definition) is 4. The number of fused-ring (bicyclic) bond motifs is 1. The van der Waals surface area contributed by atoms with Gasteiger partial charge in [-0.05, 0) is 19.2 Å². The molecular formula is C13H11Cl3N2O3. The van der Waals surface area contributed by atoms with Gasteiger partial charge in [-0.15, -0.1) is 0 Å². The van der Waals surface area contributed by atoms with E-state index < -0.39 is 21.5 Å². The second kappa shape index (κ2) is 6.23. The van der Waals surface area contributed by atoms with Crippen LogP contribution in [0.5, 0.6) is 0 Å². The number of carbonyl (C=O) groups is 1. The van der Waals surface area contributed by atoms with Crippen molar-refractivity contribution in [3.05, 3.63) is 46.3 Å². The Bertz CT molecular complexity index is 724. The molecule has 0 aliphatic rings. The van der Waals surface area contributed by atoms with E-state index in [2.05, 4.69) is 10.6 Å². The van der Waals surface area contributed by atoms with E-state index in [9.17, 15) is 9.59 Å². The average molecular weight is 350 g/mol. The van der Waals surface area contributed by atoms with Gasteiger partial charge < -0.3 is 9.73 Å². The average Bonchev–Trinajstić information content (AvgIpc) is 2.42. The van der Waals surface area contributed by atoms with Gasteiger partial charge in [-0.1, -0.05) is 53.0 Å². The van der Waals surface area contributed by atoms with Crippen LogP contribution in [0, 0.1) is 0 Å². The van der Waals surface area contributed by atoms with Crippen LogP contribution in [0.25, 0.3) is 11.0 Å². The highest BCUT2D eigenvalue weighted by Crippen LogP contribution is 2.28. The predicted octanol–water partition coefficient (Wildman–Crippen LogP) is 2.44. The zero-order chi connectivity index (χ0) is 15.6. The fourth-order valence-corrected chi connectivity index (χ4v) is 2.24. The molecule has 2 rings (SSSR count). The van der Waals surface area contributed by atoms with E-state index in [0.717, 1.165) is 0 Å². The molecule has 8 heteroatoms. The largest absolute Gasteiger partial charge is 0.422 e. The van der Waals surface area contributed by atoms with Crippen molar-refractivity contribution < 1.29 is 9.21 Å². The molecule has 1 amide bonds. The summed E-state index contributed by atoms with van der Waals surface area (Å²) in [6.45, 7) is 0. The lowest BCUT2D eigenvalue weighted by atomic mass is 10.2. The zero-order valence-corrected chi connectivity index (χ0v) is 13.1. The molecule has 1 atom stereocenters. The van der Waals surface area contributed by atoms with Crippen LogP contribution in [-0.4, -0.2) is 22.9 Å². The number of carbonyl (C=O) groups excluding carboxylic acids is 1. The van der Waals surface area contributed by atoms with Gasteiger partial charge in [0.1, 0.15) is 17.3 Å². The summed E-state index contributed by atoms with van der Waals surface area (Å²) in [6.07, 6.45) is -0.958. The van der Waals surface area contributed by atoms with Crippen LogP contribution in [0.1, 0.15) is 10.4 Å². The van der Waals surface area contributed by atoms with Crippen LogP contribution in [0.4, 0.5) is 0 Å². The van der Waals surface area contributed by atoms with Gasteiger partial charge in [-0.2, -0.15) is 0 Å². The van der Waals surface area contributed by atoms with Crippen molar-refractivity contribution in [1.82, 2.24) is 10.6 Å². The Hall–Kier alpha value is -1.27. The first-order valence-electron chi connectivity index (χ1n) is 5.90. The third-order valence-corrected chi connectivity index (χ3v) is 3.43. The van der Waals surface area contributed by atoms with Crippen molar-refractivity contribution in [3.8, 4) is 0 Å². The van der Waals surface area contributed by atoms with Crippen molar-refractivity contribution in [2.45, 2.75) is 9.96 Å². The number of rotatable bonds is 3. The maximum atomic E-state index is 12.1. The molecule has 1 aromatic carbocycles. The van der Waals surface area contributed by atoms with Crippen molar-refractivity contribution in [3.63, 3.8) is 0 Å². The topological polar surface area (TPSA) is 71.3 Å². The number of benzene rings is 1. The monoisotopic (exact) mass is 348 g/mol. The van der Waals surface area contributed by atoms with Gasteiger partial charge in [0.15, 0.2) is 0 Å². The molecule has 2 N–H and O–H groups in total. The first-order valence-corrected chi connectivity index (χ1v) is 7.04. The molecule has 0 aliphatic carbocycles. The maximum absolute atomic E-state index is 12.1. The first-order chi connectivity index (χ1) is 9.82. The highest BCUT2D eigenvalue weighted by Gasteiger charge is 2.33. The third kappa shape index (κ3) is 3.68. The van der Waals surface area contributed by atoms with E-state index in [4.69, 9.17) is 39.2 Å². The summed E-state index contributed by atoms with van der Waals surface area (Å²) >= 11 is 17.2. The van der Waals surface area contributed by atoms with E-state index in [1.54, 1.807) is 24.3 Å². The number of amides is 1. The molecule has 0 saturated carbocycles. The summed E-state index contributed by atoms with van der Waals surface area (Å²) in [5.74, 6) is -0.694. The van der Waals surface area contributed by atoms with Crippen LogP contribution >= 0.6 is 34.8 Å². The van der Waals surface area contributed by atoms with Crippen LogP contribution in [0.15, 0.2) is 39.5 Å². The van der Waals surface area contributed by atoms with Gasteiger partial charge in [0, 0.05) is 5.39 Å². The number of hydrogen-bond donors (Lipinski definition) is 2. The van der Waals surface area contributed by atoms with Crippen LogP contribution in [0.3, 0.4) is 0 Å². The smallest absolute Gasteiger partial charge is 0.349 e. The van der Waals surface area contributed by atoms with Gasteiger partial charge in [-0.25, -0.2) is 4.79 Å². The molecule has 112 valence electrons. The molecule has 5 nitrogen and oxygen atoms in total. The minimum Gasteiger partial charge on any atom is -0.422 e. The molecule has 1 aromatic heterocycles. The lowest BCUT2D eigenvalue weighted by Gasteiger charge is -2.24. The standard InChI is InChI=1S/C13H11Cl3N2O3/c1-17-12(13(14,15)16)18-10(19)8-6-7-4-2-3-5-9(7)21-11(8)20/h2-6,12,17H,1H3,(H,18,19). The van der Waals surface area contributed by atoms with E-state index >= 15 is 0 Å². The Labute approximate surface area is 135 Å². The minimum atomic E-state index is -1.76. The molecular weight excluding hydrogens is 339 g/mol. The Morgan fingerprint density at radius 3 is 2.57 bits per heavy atom. The molecule has 1 unspecified atom stereocenters. The Kier molecular flexibility index (Phi) is 4.78. The van der Waals surface area contributed by atoms with E-state index in [-0.39, 0.29) is 5.56 Å². The lowest BCUT2D eigenvalue weighted by molar-refractivity contribution is 0.0928. The molecule has 0 bridgehead atoms. The second-order valence-electron chi connectivity index (χ2n) is 4.22. The normalized spacial score (nSPS) is 13.1. The van der Waals surface area contributed by atoms with Gasteiger partial charge >= 0.3 is 5.63 Å². The third-order valence-electron chi connectivity index (χ3n) is 2.78. The van der Waals surface area contributed by atoms with Crippen molar-refractivity contribution >= 4 is 51.7 Å². The highest BCUT2D eigenvalue weighted by molar-refractivity contribution is 6.68. The quantitative estimate of drug-likeness (QED) is 0.507. The second-order valence-corrected chi connectivity index (χ2v) is 6.59. The van der Waals surface area contributed by atoms with E-state index in [1.165, 1.54) is 13.1 Å². The molecule has 0 aliphatic heterocycles. The number of para-hydroxylation sites is 1. The SMILES string of the molecule is CNC(NC(=O)c1cc2ccccc2oc1=O)C(Cl)(Cl)Cl. The van der Waals surface area contributed by atoms with Crippen molar-refractivity contribution in [1.29, 1.82) is 0 Å². The fourth-order valence-electron chi connectivity index (χ4n) is 1.75. The van der Waals surface area contributed by atoms with Gasteiger partial charge in [0.2, 0.25) is 3.79 Å². The predicted molar refractivity (Wildman–Crippen MR) is 83.1 cm³/mol. The molecule has 0 fully saturated rings. The van der Waals surface area contributed by atoms with E-state index in [0.29, 0.717) is 11.0 Å². The van der Waals surface area contributed by atoms with Crippen molar-refractivity contribution in [2.24, 2.45) is 0 Å². The maximum Gasteiger partial charge on any atom is 0.349 e. The first kappa shape index (κ1) is 16.1. The highest BCUT2D eigenvalue weighted by atomic mass is 35.6. The Morgan fingerprint density at radius 1 is 1.29 bits per heavy atom. The van der Waals surface area contributed by atoms with E-state index in [1.807, 2.05) is 0 Å². The molecule has 0 spiro atoms. The number of nitrogens with one attached hydrogen (secondary N) is 2. The summed E-state index contributed by atoms with van der Waals surface area (Å²) in [6, 6.07) is 8.28. The summed E-state index contributed by atoms with van der Waals surface area (Å²) < 4.78 is 3.32. The van der Waals surface area contributed by atoms with Gasteiger partial charge in [0.25, 0.3) is 5.91 Å². The van der Waals surface area contributed by atoms with Crippen LogP contribution < -0.4 is 16.3 Å². The zero-order valence-electron chi connectivity index (χ0n) is 10.8. The van der Waals surface area contributed by atoms with Gasteiger partial charge in [0.05, 0.1) is 0 Å². The molecule has 0 saturated heterocycles. The van der Waals surface area contributed by atoms with Crippen LogP contribution in [0.2, 0.25) is 0 Å². The molecule has 1 heterocycles.